The van der Waals surface area contributed by atoms with Crippen LogP contribution in [0.2, 0.25) is 0 Å². The van der Waals surface area contributed by atoms with Gasteiger partial charge in [0.1, 0.15) is 0 Å². The van der Waals surface area contributed by atoms with Crippen LogP contribution < -0.4 is 5.32 Å². The Kier molecular flexibility index (Phi) is 14.8. The van der Waals surface area contributed by atoms with Gasteiger partial charge in [-0.25, -0.2) is 0 Å². The molecule has 0 saturated heterocycles. The van der Waals surface area contributed by atoms with Gasteiger partial charge >= 0.3 is 0 Å². The molecular weight excluding hydrogens is 190 g/mol. The van der Waals surface area contributed by atoms with E-state index >= 15 is 0 Å². The summed E-state index contributed by atoms with van der Waals surface area (Å²) in [4.78, 5) is 1.49. The van der Waals surface area contributed by atoms with Crippen LogP contribution in [0.25, 0.3) is 0 Å². The molecule has 2 heteroatoms. The number of rotatable bonds is 2. The van der Waals surface area contributed by atoms with Gasteiger partial charge in [-0.15, -0.1) is 11.8 Å². The number of thioether (sulfide) groups is 1. The molecule has 0 unspecified atom stereocenters. The molecule has 0 fully saturated rings. The number of nitrogens with one attached hydrogen (secondary N) is 1. The first kappa shape index (κ1) is 16.2. The summed E-state index contributed by atoms with van der Waals surface area (Å²) in [6.45, 7) is 13.9. The minimum atomic E-state index is 1.000. The highest BCUT2D eigenvalue weighted by Gasteiger charge is 2.07. The molecule has 0 spiro atoms. The van der Waals surface area contributed by atoms with Crippen molar-refractivity contribution in [2.24, 2.45) is 0 Å². The Balaban J connectivity index is 0. The second kappa shape index (κ2) is 12.8. The van der Waals surface area contributed by atoms with E-state index in [9.17, 15) is 0 Å². The highest BCUT2D eigenvalue weighted by atomic mass is 32.2. The second-order valence-corrected chi connectivity index (χ2v) is 3.18. The maximum Gasteiger partial charge on any atom is 0.0213 e. The maximum atomic E-state index is 3.77. The lowest BCUT2D eigenvalue weighted by atomic mass is 10.1. The Morgan fingerprint density at radius 2 is 1.86 bits per heavy atom. The number of hydrogen-bond acceptors (Lipinski definition) is 2. The topological polar surface area (TPSA) is 12.0 Å². The molecular formula is C12H25NS. The van der Waals surface area contributed by atoms with Crippen LogP contribution in [0.5, 0.6) is 0 Å². The zero-order valence-electron chi connectivity index (χ0n) is 10.3. The Hall–Kier alpha value is -0.210. The predicted octanol–water partition coefficient (Wildman–Crippen LogP) is 3.84. The van der Waals surface area contributed by atoms with Gasteiger partial charge in [-0.1, -0.05) is 40.3 Å². The third kappa shape index (κ3) is 6.28. The van der Waals surface area contributed by atoms with Gasteiger partial charge in [0.05, 0.1) is 0 Å². The van der Waals surface area contributed by atoms with Gasteiger partial charge in [-0.05, 0) is 23.2 Å². The first-order valence-corrected chi connectivity index (χ1v) is 6.70. The molecule has 0 saturated carbocycles. The van der Waals surface area contributed by atoms with Crippen LogP contribution in [0, 0.1) is 0 Å². The molecule has 0 bridgehead atoms. The minimum Gasteiger partial charge on any atom is -0.312 e. The minimum absolute atomic E-state index is 1.000. The summed E-state index contributed by atoms with van der Waals surface area (Å²) in [5.74, 6) is 0. The fraction of sp³-hybridized carbons (Fsp3) is 0.667. The van der Waals surface area contributed by atoms with Gasteiger partial charge in [-0.2, -0.15) is 0 Å². The van der Waals surface area contributed by atoms with Crippen LogP contribution in [0.1, 0.15) is 34.1 Å². The van der Waals surface area contributed by atoms with Gasteiger partial charge in [0.2, 0.25) is 0 Å². The molecule has 1 rings (SSSR count). The van der Waals surface area contributed by atoms with Gasteiger partial charge in [0.25, 0.3) is 0 Å². The maximum absolute atomic E-state index is 3.77. The zero-order chi connectivity index (χ0) is 11.4. The summed E-state index contributed by atoms with van der Waals surface area (Å²) in [5.41, 5.74) is 1.37. The summed E-state index contributed by atoms with van der Waals surface area (Å²) in [5, 5.41) is 3.31. The van der Waals surface area contributed by atoms with Crippen LogP contribution in [0.4, 0.5) is 0 Å². The highest BCUT2D eigenvalue weighted by molar-refractivity contribution is 8.02. The molecule has 84 valence electrons. The Morgan fingerprint density at radius 3 is 2.21 bits per heavy atom. The number of hydrogen-bond donors (Lipinski definition) is 1. The molecule has 0 aliphatic carbocycles. The average Bonchev–Trinajstić information content (AvgIpc) is 2.34. The van der Waals surface area contributed by atoms with Crippen molar-refractivity contribution in [2.45, 2.75) is 34.1 Å². The predicted molar refractivity (Wildman–Crippen MR) is 70.9 cm³/mol. The van der Waals surface area contributed by atoms with Crippen molar-refractivity contribution in [3.05, 3.63) is 23.1 Å². The zero-order valence-corrected chi connectivity index (χ0v) is 11.1. The second-order valence-electron chi connectivity index (χ2n) is 2.28. The standard InChI is InChI=1S/C8H13NS.2C2H6/c1-3-7-6-9-5-4-8(7)10-2;2*1-2/h3,9H,1,4-6H2,2H3;2*1-2H3. The fourth-order valence-electron chi connectivity index (χ4n) is 1.10. The van der Waals surface area contributed by atoms with Crippen molar-refractivity contribution in [3.8, 4) is 0 Å². The van der Waals surface area contributed by atoms with Crippen molar-refractivity contribution in [1.29, 1.82) is 0 Å². The first-order valence-electron chi connectivity index (χ1n) is 5.47. The van der Waals surface area contributed by atoms with E-state index in [2.05, 4.69) is 18.2 Å². The van der Waals surface area contributed by atoms with Crippen LogP contribution >= 0.6 is 11.8 Å². The molecule has 0 radical (unpaired) electrons. The smallest absolute Gasteiger partial charge is 0.0213 e. The normalized spacial score (nSPS) is 14.6. The SMILES string of the molecule is C=CC1=C(SC)CCNC1.CC.CC. The lowest BCUT2D eigenvalue weighted by molar-refractivity contribution is 0.706. The van der Waals surface area contributed by atoms with Crippen molar-refractivity contribution in [2.75, 3.05) is 19.3 Å². The molecule has 0 amide bonds. The third-order valence-corrected chi connectivity index (χ3v) is 2.65. The Labute approximate surface area is 94.1 Å². The van der Waals surface area contributed by atoms with Crippen molar-refractivity contribution < 1.29 is 0 Å². The molecule has 1 aliphatic heterocycles. The lowest BCUT2D eigenvalue weighted by Gasteiger charge is -2.16. The van der Waals surface area contributed by atoms with Crippen molar-refractivity contribution in [1.82, 2.24) is 5.32 Å². The van der Waals surface area contributed by atoms with E-state index in [1.807, 2.05) is 45.5 Å². The van der Waals surface area contributed by atoms with E-state index in [4.69, 9.17) is 0 Å². The van der Waals surface area contributed by atoms with Gasteiger partial charge in [0.15, 0.2) is 0 Å². The Bertz CT molecular complexity index is 162. The summed E-state index contributed by atoms with van der Waals surface area (Å²) >= 11 is 1.85. The van der Waals surface area contributed by atoms with Gasteiger partial charge < -0.3 is 5.32 Å². The molecule has 0 aromatic heterocycles. The van der Waals surface area contributed by atoms with Gasteiger partial charge in [-0.3, -0.25) is 0 Å². The van der Waals surface area contributed by atoms with E-state index in [-0.39, 0.29) is 0 Å². The first-order chi connectivity index (χ1) is 6.88. The monoisotopic (exact) mass is 215 g/mol. The quantitative estimate of drug-likeness (QED) is 0.751. The average molecular weight is 215 g/mol. The largest absolute Gasteiger partial charge is 0.312 e. The van der Waals surface area contributed by atoms with Crippen LogP contribution in [0.3, 0.4) is 0 Å². The highest BCUT2D eigenvalue weighted by Crippen LogP contribution is 2.22. The molecule has 1 heterocycles. The van der Waals surface area contributed by atoms with E-state index < -0.39 is 0 Å². The fourth-order valence-corrected chi connectivity index (χ4v) is 1.83. The van der Waals surface area contributed by atoms with E-state index in [0.29, 0.717) is 0 Å². The molecule has 0 aromatic carbocycles. The summed E-state index contributed by atoms with van der Waals surface area (Å²) in [6, 6.07) is 0. The summed E-state index contributed by atoms with van der Waals surface area (Å²) in [7, 11) is 0. The van der Waals surface area contributed by atoms with Crippen molar-refractivity contribution in [3.63, 3.8) is 0 Å². The van der Waals surface area contributed by atoms with Crippen molar-refractivity contribution >= 4 is 11.8 Å². The molecule has 0 aromatic rings. The lowest BCUT2D eigenvalue weighted by Crippen LogP contribution is -2.23. The van der Waals surface area contributed by atoms with Crippen LogP contribution in [-0.4, -0.2) is 19.3 Å². The van der Waals surface area contributed by atoms with Crippen LogP contribution in [-0.2, 0) is 0 Å². The molecule has 1 N–H and O–H groups in total. The Morgan fingerprint density at radius 1 is 1.29 bits per heavy atom. The van der Waals surface area contributed by atoms with E-state index in [0.717, 1.165) is 13.1 Å². The van der Waals surface area contributed by atoms with E-state index in [1.54, 1.807) is 0 Å². The van der Waals surface area contributed by atoms with E-state index in [1.165, 1.54) is 16.9 Å². The summed E-state index contributed by atoms with van der Waals surface area (Å²) in [6.07, 6.45) is 5.25. The third-order valence-electron chi connectivity index (χ3n) is 1.70. The van der Waals surface area contributed by atoms with Gasteiger partial charge in [0, 0.05) is 13.1 Å². The summed E-state index contributed by atoms with van der Waals surface area (Å²) < 4.78 is 0. The van der Waals surface area contributed by atoms with Crippen LogP contribution in [0.15, 0.2) is 23.1 Å². The molecule has 1 nitrogen and oxygen atoms in total. The molecule has 1 aliphatic rings. The molecule has 14 heavy (non-hydrogen) atoms. The molecule has 0 atom stereocenters.